The molecular formula is C20H13ClF3N5O4. The molecule has 33 heavy (non-hydrogen) atoms. The summed E-state index contributed by atoms with van der Waals surface area (Å²) in [5, 5.41) is 25.6. The molecule has 3 rings (SSSR count). The number of nitrogens with one attached hydrogen (secondary N) is 1. The number of halogens is 4. The first kappa shape index (κ1) is 23.6. The second-order valence-electron chi connectivity index (χ2n) is 6.40. The lowest BCUT2D eigenvalue weighted by atomic mass is 10.1. The summed E-state index contributed by atoms with van der Waals surface area (Å²) in [4.78, 5) is 20.4. The molecule has 0 saturated heterocycles. The van der Waals surface area contributed by atoms with Gasteiger partial charge in [0.25, 0.3) is 5.91 Å². The summed E-state index contributed by atoms with van der Waals surface area (Å²) in [6, 6.07) is 7.51. The van der Waals surface area contributed by atoms with E-state index in [1.54, 1.807) is 6.07 Å². The van der Waals surface area contributed by atoms with Crippen molar-refractivity contribution in [3.8, 4) is 23.1 Å². The number of benzene rings is 1. The van der Waals surface area contributed by atoms with Crippen molar-refractivity contribution in [2.24, 2.45) is 0 Å². The molecule has 0 fully saturated rings. The number of hydrogen-bond acceptors (Lipinski definition) is 8. The van der Waals surface area contributed by atoms with Crippen LogP contribution in [0.4, 0.5) is 19.1 Å². The lowest BCUT2D eigenvalue weighted by Gasteiger charge is -2.13. The molecule has 1 aromatic carbocycles. The van der Waals surface area contributed by atoms with E-state index >= 15 is 0 Å². The quantitative estimate of drug-likeness (QED) is 0.300. The number of ether oxygens (including phenoxy) is 1. The van der Waals surface area contributed by atoms with Crippen LogP contribution in [0, 0.1) is 18.3 Å². The van der Waals surface area contributed by atoms with Crippen LogP contribution in [0.15, 0.2) is 46.8 Å². The summed E-state index contributed by atoms with van der Waals surface area (Å²) in [7, 11) is 0. The van der Waals surface area contributed by atoms with Gasteiger partial charge in [-0.05, 0) is 19.1 Å². The van der Waals surface area contributed by atoms with Crippen molar-refractivity contribution in [3.63, 3.8) is 0 Å². The van der Waals surface area contributed by atoms with Crippen molar-refractivity contribution in [1.29, 1.82) is 5.26 Å². The number of amides is 1. The molecule has 9 nitrogen and oxygen atoms in total. The van der Waals surface area contributed by atoms with E-state index in [1.165, 1.54) is 31.2 Å². The monoisotopic (exact) mass is 479 g/mol. The Hall–Kier alpha value is -4.11. The highest BCUT2D eigenvalue weighted by molar-refractivity contribution is 6.30. The number of alkyl halides is 3. The molecule has 0 bridgehead atoms. The molecule has 0 aliphatic heterocycles. The van der Waals surface area contributed by atoms with Crippen LogP contribution in [0.25, 0.3) is 17.0 Å². The topological polar surface area (TPSA) is 134 Å². The SMILES string of the molecule is Cc1oncc1C(O)=C(C#N)C(=O)Nc1ncc(OCC(F)(F)F)c(-c2ccc(Cl)cc2)n1. The molecule has 0 unspecified atom stereocenters. The average Bonchev–Trinajstić information content (AvgIpc) is 3.19. The zero-order chi connectivity index (χ0) is 24.2. The van der Waals surface area contributed by atoms with Gasteiger partial charge in [0, 0.05) is 10.6 Å². The summed E-state index contributed by atoms with van der Waals surface area (Å²) >= 11 is 5.85. The molecule has 170 valence electrons. The van der Waals surface area contributed by atoms with Crippen molar-refractivity contribution in [2.45, 2.75) is 13.1 Å². The smallest absolute Gasteiger partial charge is 0.422 e. The fourth-order valence-corrected chi connectivity index (χ4v) is 2.67. The molecule has 2 aromatic heterocycles. The van der Waals surface area contributed by atoms with Crippen molar-refractivity contribution < 1.29 is 32.3 Å². The average molecular weight is 480 g/mol. The van der Waals surface area contributed by atoms with E-state index < -0.39 is 30.0 Å². The number of aromatic nitrogens is 3. The molecule has 2 heterocycles. The minimum atomic E-state index is -4.60. The molecule has 0 spiro atoms. The standard InChI is InChI=1S/C20H13ClF3N5O4/c1-10-14(7-27-33-10)17(30)13(6-25)18(31)29-19-26-8-15(32-9-20(22,23)24)16(28-19)11-2-4-12(21)5-3-11/h2-5,7-8,30H,9H2,1H3,(H,26,28,29,31). The molecule has 3 aromatic rings. The number of anilines is 1. The largest absolute Gasteiger partial charge is 0.506 e. The number of carbonyl (C=O) groups is 1. The Morgan fingerprint density at radius 2 is 2.00 bits per heavy atom. The maximum absolute atomic E-state index is 12.6. The van der Waals surface area contributed by atoms with Crippen LogP contribution < -0.4 is 10.1 Å². The minimum Gasteiger partial charge on any atom is -0.506 e. The van der Waals surface area contributed by atoms with Crippen molar-refractivity contribution >= 4 is 29.2 Å². The highest BCUT2D eigenvalue weighted by Gasteiger charge is 2.29. The zero-order valence-electron chi connectivity index (χ0n) is 16.6. The Morgan fingerprint density at radius 1 is 1.30 bits per heavy atom. The molecule has 0 atom stereocenters. The number of hydrogen-bond donors (Lipinski definition) is 2. The van der Waals surface area contributed by atoms with E-state index in [4.69, 9.17) is 20.9 Å². The number of nitriles is 1. The fraction of sp³-hybridized carbons (Fsp3) is 0.150. The van der Waals surface area contributed by atoms with Gasteiger partial charge in [0.05, 0.1) is 18.0 Å². The van der Waals surface area contributed by atoms with Gasteiger partial charge >= 0.3 is 6.18 Å². The second-order valence-corrected chi connectivity index (χ2v) is 6.84. The van der Waals surface area contributed by atoms with Crippen molar-refractivity contribution in [1.82, 2.24) is 15.1 Å². The summed E-state index contributed by atoms with van der Waals surface area (Å²) in [5.74, 6) is -2.24. The maximum atomic E-state index is 12.6. The molecular weight excluding hydrogens is 467 g/mol. The van der Waals surface area contributed by atoms with Crippen LogP contribution in [-0.2, 0) is 4.79 Å². The Balaban J connectivity index is 1.95. The van der Waals surface area contributed by atoms with Gasteiger partial charge in [-0.3, -0.25) is 10.1 Å². The van der Waals surface area contributed by atoms with Crippen LogP contribution >= 0.6 is 11.6 Å². The molecule has 0 aliphatic rings. The Morgan fingerprint density at radius 3 is 2.58 bits per heavy atom. The minimum absolute atomic E-state index is 0.0281. The van der Waals surface area contributed by atoms with Crippen molar-refractivity contribution in [3.05, 3.63) is 58.6 Å². The molecule has 0 radical (unpaired) electrons. The van der Waals surface area contributed by atoms with Gasteiger partial charge in [-0.1, -0.05) is 28.9 Å². The Labute approximate surface area is 189 Å². The summed E-state index contributed by atoms with van der Waals surface area (Å²) in [6.45, 7) is -0.122. The second kappa shape index (κ2) is 9.58. The number of aryl methyl sites for hydroxylation is 1. The first-order valence-corrected chi connectivity index (χ1v) is 9.35. The number of rotatable bonds is 6. The first-order valence-electron chi connectivity index (χ1n) is 8.98. The predicted octanol–water partition coefficient (Wildman–Crippen LogP) is 4.47. The van der Waals surface area contributed by atoms with Gasteiger partial charge in [-0.15, -0.1) is 0 Å². The summed E-state index contributed by atoms with van der Waals surface area (Å²) in [5.41, 5.74) is -0.396. The first-order chi connectivity index (χ1) is 15.6. The summed E-state index contributed by atoms with van der Waals surface area (Å²) in [6.07, 6.45) is -2.54. The van der Waals surface area contributed by atoms with Crippen LogP contribution in [0.5, 0.6) is 5.75 Å². The van der Waals surface area contributed by atoms with E-state index in [0.29, 0.717) is 10.6 Å². The normalized spacial score (nSPS) is 12.0. The molecule has 1 amide bonds. The third-order valence-corrected chi connectivity index (χ3v) is 4.32. The van der Waals surface area contributed by atoms with Gasteiger partial charge < -0.3 is 14.4 Å². The lowest BCUT2D eigenvalue weighted by Crippen LogP contribution is -2.20. The number of aliphatic hydroxyl groups excluding tert-OH is 1. The van der Waals surface area contributed by atoms with Gasteiger partial charge in [0.2, 0.25) is 5.95 Å². The fourth-order valence-electron chi connectivity index (χ4n) is 2.55. The summed E-state index contributed by atoms with van der Waals surface area (Å²) < 4.78 is 47.5. The van der Waals surface area contributed by atoms with Crippen LogP contribution in [-0.4, -0.2) is 38.9 Å². The zero-order valence-corrected chi connectivity index (χ0v) is 17.4. The highest BCUT2D eigenvalue weighted by atomic mass is 35.5. The lowest BCUT2D eigenvalue weighted by molar-refractivity contribution is -0.153. The molecule has 2 N–H and O–H groups in total. The molecule has 13 heteroatoms. The third-order valence-electron chi connectivity index (χ3n) is 4.07. The van der Waals surface area contributed by atoms with Crippen LogP contribution in [0.1, 0.15) is 11.3 Å². The van der Waals surface area contributed by atoms with E-state index in [0.717, 1.165) is 12.4 Å². The number of carbonyl (C=O) groups excluding carboxylic acids is 1. The third kappa shape index (κ3) is 5.78. The van der Waals surface area contributed by atoms with Gasteiger partial charge in [0.1, 0.15) is 17.5 Å². The Bertz CT molecular complexity index is 1250. The van der Waals surface area contributed by atoms with E-state index in [9.17, 15) is 28.3 Å². The molecule has 0 aliphatic carbocycles. The molecule has 0 saturated carbocycles. The van der Waals surface area contributed by atoms with Crippen LogP contribution in [0.2, 0.25) is 5.02 Å². The maximum Gasteiger partial charge on any atom is 0.422 e. The van der Waals surface area contributed by atoms with Crippen molar-refractivity contribution in [2.75, 3.05) is 11.9 Å². The number of nitrogens with zero attached hydrogens (tertiary/aromatic N) is 4. The Kier molecular flexibility index (Phi) is 6.83. The van der Waals surface area contributed by atoms with Crippen LogP contribution in [0.3, 0.4) is 0 Å². The van der Waals surface area contributed by atoms with E-state index in [-0.39, 0.29) is 28.7 Å². The van der Waals surface area contributed by atoms with Gasteiger partial charge in [0.15, 0.2) is 23.7 Å². The highest BCUT2D eigenvalue weighted by Crippen LogP contribution is 2.31. The van der Waals surface area contributed by atoms with E-state index in [2.05, 4.69) is 20.4 Å². The van der Waals surface area contributed by atoms with E-state index in [1.807, 2.05) is 0 Å². The van der Waals surface area contributed by atoms with Gasteiger partial charge in [-0.25, -0.2) is 9.97 Å². The predicted molar refractivity (Wildman–Crippen MR) is 109 cm³/mol. The van der Waals surface area contributed by atoms with Gasteiger partial charge in [-0.2, -0.15) is 18.4 Å². The number of aliphatic hydroxyl groups is 1.